The van der Waals surface area contributed by atoms with Crippen LogP contribution in [0.1, 0.15) is 16.1 Å². The second kappa shape index (κ2) is 9.64. The van der Waals surface area contributed by atoms with Crippen LogP contribution in [-0.4, -0.2) is 78.5 Å². The van der Waals surface area contributed by atoms with Crippen molar-refractivity contribution in [1.82, 2.24) is 20.2 Å². The van der Waals surface area contributed by atoms with E-state index >= 15 is 0 Å². The first-order valence-electron chi connectivity index (χ1n) is 9.56. The summed E-state index contributed by atoms with van der Waals surface area (Å²) < 4.78 is 11.0. The number of nitrogens with two attached hydrogens (primary N) is 1. The van der Waals surface area contributed by atoms with Crippen LogP contribution in [0.5, 0.6) is 5.75 Å². The van der Waals surface area contributed by atoms with E-state index in [1.807, 2.05) is 6.07 Å². The molecule has 1 saturated heterocycles. The number of ether oxygens (including phenoxy) is 2. The molecule has 1 aliphatic heterocycles. The van der Waals surface area contributed by atoms with E-state index in [-0.39, 0.29) is 18.3 Å². The van der Waals surface area contributed by atoms with Gasteiger partial charge in [0, 0.05) is 30.8 Å². The van der Waals surface area contributed by atoms with Crippen LogP contribution < -0.4 is 15.8 Å². The molecular formula is C20H27N5O4. The lowest BCUT2D eigenvalue weighted by molar-refractivity contribution is 0.0298. The average molecular weight is 401 g/mol. The van der Waals surface area contributed by atoms with Gasteiger partial charge in [0.1, 0.15) is 30.0 Å². The van der Waals surface area contributed by atoms with Gasteiger partial charge in [-0.2, -0.15) is 0 Å². The number of benzene rings is 1. The van der Waals surface area contributed by atoms with E-state index in [4.69, 9.17) is 15.2 Å². The SMILES string of the molecule is CNCC(O)COc1cccc(-c2nc(N)c(C)c(C(=O)N3CCOCC3)n2)c1. The van der Waals surface area contributed by atoms with Gasteiger partial charge >= 0.3 is 0 Å². The van der Waals surface area contributed by atoms with Crippen LogP contribution in [0.3, 0.4) is 0 Å². The van der Waals surface area contributed by atoms with Crippen molar-refractivity contribution < 1.29 is 19.4 Å². The Morgan fingerprint density at radius 1 is 1.38 bits per heavy atom. The maximum absolute atomic E-state index is 12.9. The molecule has 1 aliphatic rings. The molecule has 1 unspecified atom stereocenters. The van der Waals surface area contributed by atoms with Gasteiger partial charge in [0.15, 0.2) is 5.82 Å². The predicted octanol–water partition coefficient (Wildman–Crippen LogP) is 0.466. The Labute approximate surface area is 169 Å². The minimum absolute atomic E-state index is 0.155. The number of hydrogen-bond acceptors (Lipinski definition) is 8. The first kappa shape index (κ1) is 21.0. The van der Waals surface area contributed by atoms with Crippen LogP contribution in [-0.2, 0) is 4.74 Å². The lowest BCUT2D eigenvalue weighted by Gasteiger charge is -2.27. The minimum Gasteiger partial charge on any atom is -0.491 e. The van der Waals surface area contributed by atoms with Gasteiger partial charge < -0.3 is 30.5 Å². The first-order chi connectivity index (χ1) is 14.0. The zero-order chi connectivity index (χ0) is 20.8. The fourth-order valence-corrected chi connectivity index (χ4v) is 3.00. The fraction of sp³-hybridized carbons (Fsp3) is 0.450. The molecule has 1 fully saturated rings. The molecule has 3 rings (SSSR count). The van der Waals surface area contributed by atoms with E-state index in [2.05, 4.69) is 15.3 Å². The lowest BCUT2D eigenvalue weighted by atomic mass is 10.1. The highest BCUT2D eigenvalue weighted by Crippen LogP contribution is 2.25. The first-order valence-corrected chi connectivity index (χ1v) is 9.56. The zero-order valence-electron chi connectivity index (χ0n) is 16.7. The van der Waals surface area contributed by atoms with E-state index in [0.29, 0.717) is 61.2 Å². The smallest absolute Gasteiger partial charge is 0.273 e. The number of nitrogens with zero attached hydrogens (tertiary/aromatic N) is 3. The lowest BCUT2D eigenvalue weighted by Crippen LogP contribution is -2.41. The van der Waals surface area contributed by atoms with Gasteiger partial charge in [0.05, 0.1) is 13.2 Å². The van der Waals surface area contributed by atoms with Crippen LogP contribution in [0.15, 0.2) is 24.3 Å². The summed E-state index contributed by atoms with van der Waals surface area (Å²) >= 11 is 0. The number of nitrogen functional groups attached to an aromatic ring is 1. The number of likely N-dealkylation sites (N-methyl/N-ethyl adjacent to an activating group) is 1. The quantitative estimate of drug-likeness (QED) is 0.612. The molecule has 2 heterocycles. The monoisotopic (exact) mass is 401 g/mol. The van der Waals surface area contributed by atoms with E-state index in [1.54, 1.807) is 37.1 Å². The van der Waals surface area contributed by atoms with Gasteiger partial charge in [-0.3, -0.25) is 4.79 Å². The molecule has 1 amide bonds. The van der Waals surface area contributed by atoms with Gasteiger partial charge in [-0.25, -0.2) is 9.97 Å². The van der Waals surface area contributed by atoms with Crippen molar-refractivity contribution in [3.05, 3.63) is 35.5 Å². The minimum atomic E-state index is -0.618. The summed E-state index contributed by atoms with van der Waals surface area (Å²) in [6.07, 6.45) is -0.618. The molecule has 9 nitrogen and oxygen atoms in total. The maximum Gasteiger partial charge on any atom is 0.273 e. The average Bonchev–Trinajstić information content (AvgIpc) is 2.74. The van der Waals surface area contributed by atoms with Crippen LogP contribution >= 0.6 is 0 Å². The molecule has 1 atom stereocenters. The Bertz CT molecular complexity index is 855. The molecule has 0 bridgehead atoms. The number of aliphatic hydroxyl groups is 1. The highest BCUT2D eigenvalue weighted by Gasteiger charge is 2.24. The van der Waals surface area contributed by atoms with E-state index in [9.17, 15) is 9.90 Å². The molecule has 0 radical (unpaired) electrons. The van der Waals surface area contributed by atoms with Crippen molar-refractivity contribution in [3.63, 3.8) is 0 Å². The Kier molecular flexibility index (Phi) is 6.97. The van der Waals surface area contributed by atoms with E-state index in [1.165, 1.54) is 0 Å². The number of anilines is 1. The van der Waals surface area contributed by atoms with Crippen LogP contribution in [0, 0.1) is 6.92 Å². The standard InChI is InChI=1S/C20H27N5O4/c1-13-17(20(27)25-6-8-28-9-7-25)23-19(24-18(13)21)14-4-3-5-16(10-14)29-12-15(26)11-22-2/h3-5,10,15,22,26H,6-9,11-12H2,1-2H3,(H2,21,23,24). The van der Waals surface area contributed by atoms with Crippen molar-refractivity contribution >= 4 is 11.7 Å². The van der Waals surface area contributed by atoms with E-state index in [0.717, 1.165) is 0 Å². The number of aliphatic hydroxyl groups excluding tert-OH is 1. The number of morpholine rings is 1. The van der Waals surface area contributed by atoms with Crippen molar-refractivity contribution in [1.29, 1.82) is 0 Å². The molecule has 1 aromatic carbocycles. The van der Waals surface area contributed by atoms with Gasteiger partial charge in [-0.15, -0.1) is 0 Å². The molecule has 2 aromatic rings. The topological polar surface area (TPSA) is 123 Å². The molecule has 9 heteroatoms. The molecule has 156 valence electrons. The van der Waals surface area contributed by atoms with Gasteiger partial charge in [-0.1, -0.05) is 12.1 Å². The molecule has 4 N–H and O–H groups in total. The Balaban J connectivity index is 1.84. The number of carbonyl (C=O) groups excluding carboxylic acids is 1. The summed E-state index contributed by atoms with van der Waals surface area (Å²) in [5.74, 6) is 1.01. The molecular weight excluding hydrogens is 374 g/mol. The molecule has 1 aromatic heterocycles. The maximum atomic E-state index is 12.9. The fourth-order valence-electron chi connectivity index (χ4n) is 3.00. The Morgan fingerprint density at radius 3 is 2.86 bits per heavy atom. The number of carbonyl (C=O) groups is 1. The normalized spacial score (nSPS) is 15.2. The third kappa shape index (κ3) is 5.20. The van der Waals surface area contributed by atoms with Crippen LogP contribution in [0.4, 0.5) is 5.82 Å². The number of aromatic nitrogens is 2. The summed E-state index contributed by atoms with van der Waals surface area (Å²) in [6.45, 7) is 4.40. The molecule has 29 heavy (non-hydrogen) atoms. The number of hydrogen-bond donors (Lipinski definition) is 3. The Morgan fingerprint density at radius 2 is 2.14 bits per heavy atom. The summed E-state index contributed by atoms with van der Waals surface area (Å²) in [5, 5.41) is 12.7. The van der Waals surface area contributed by atoms with Crippen LogP contribution in [0.25, 0.3) is 11.4 Å². The van der Waals surface area contributed by atoms with Crippen molar-refractivity contribution in [2.24, 2.45) is 0 Å². The predicted molar refractivity (Wildman–Crippen MR) is 109 cm³/mol. The third-order valence-corrected chi connectivity index (χ3v) is 4.66. The summed E-state index contributed by atoms with van der Waals surface area (Å²) in [5.41, 5.74) is 7.61. The molecule has 0 spiro atoms. The summed E-state index contributed by atoms with van der Waals surface area (Å²) in [4.78, 5) is 23.5. The summed E-state index contributed by atoms with van der Waals surface area (Å²) in [7, 11) is 1.76. The second-order valence-electron chi connectivity index (χ2n) is 6.86. The largest absolute Gasteiger partial charge is 0.491 e. The number of amides is 1. The Hall–Kier alpha value is -2.75. The van der Waals surface area contributed by atoms with E-state index < -0.39 is 6.10 Å². The number of rotatable bonds is 7. The van der Waals surface area contributed by atoms with Gasteiger partial charge in [-0.05, 0) is 26.1 Å². The zero-order valence-corrected chi connectivity index (χ0v) is 16.7. The van der Waals surface area contributed by atoms with Crippen molar-refractivity contribution in [2.75, 3.05) is 52.2 Å². The van der Waals surface area contributed by atoms with Crippen molar-refractivity contribution in [2.45, 2.75) is 13.0 Å². The van der Waals surface area contributed by atoms with Gasteiger partial charge in [0.25, 0.3) is 5.91 Å². The third-order valence-electron chi connectivity index (χ3n) is 4.66. The second-order valence-corrected chi connectivity index (χ2v) is 6.86. The van der Waals surface area contributed by atoms with Gasteiger partial charge in [0.2, 0.25) is 0 Å². The van der Waals surface area contributed by atoms with Crippen LogP contribution in [0.2, 0.25) is 0 Å². The molecule has 0 aliphatic carbocycles. The highest BCUT2D eigenvalue weighted by molar-refractivity contribution is 5.95. The number of nitrogens with one attached hydrogen (secondary N) is 1. The molecule has 0 saturated carbocycles. The highest BCUT2D eigenvalue weighted by atomic mass is 16.5. The van der Waals surface area contributed by atoms with Crippen molar-refractivity contribution in [3.8, 4) is 17.1 Å². The summed E-state index contributed by atoms with van der Waals surface area (Å²) in [6, 6.07) is 7.17.